The number of rotatable bonds is 4. The second-order valence-corrected chi connectivity index (χ2v) is 7.19. The first-order valence-electron chi connectivity index (χ1n) is 9.65. The van der Waals surface area contributed by atoms with Gasteiger partial charge in [0.15, 0.2) is 0 Å². The molecular weight excluding hydrogens is 344 g/mol. The summed E-state index contributed by atoms with van der Waals surface area (Å²) in [6.45, 7) is 0.704. The van der Waals surface area contributed by atoms with E-state index in [1.165, 1.54) is 16.7 Å². The van der Waals surface area contributed by atoms with Crippen molar-refractivity contribution in [3.8, 4) is 6.07 Å². The van der Waals surface area contributed by atoms with Gasteiger partial charge in [-0.2, -0.15) is 5.26 Å². The SMILES string of the molecule is N#CCc1cccc(C(=O)N2CCc3ccccc3C2Cc2ccccc2)c1. The maximum Gasteiger partial charge on any atom is 0.254 e. The number of hydrogen-bond acceptors (Lipinski definition) is 2. The number of fused-ring (bicyclic) bond motifs is 1. The number of nitriles is 1. The molecule has 1 aliphatic rings. The predicted octanol–water partition coefficient (Wildman–Crippen LogP) is 4.73. The number of hydrogen-bond donors (Lipinski definition) is 0. The second-order valence-electron chi connectivity index (χ2n) is 7.19. The zero-order valence-corrected chi connectivity index (χ0v) is 15.7. The third-order valence-corrected chi connectivity index (χ3v) is 5.40. The summed E-state index contributed by atoms with van der Waals surface area (Å²) >= 11 is 0. The number of carbonyl (C=O) groups is 1. The molecule has 3 nitrogen and oxygen atoms in total. The Balaban J connectivity index is 1.69. The van der Waals surface area contributed by atoms with E-state index in [1.54, 1.807) is 0 Å². The van der Waals surface area contributed by atoms with Gasteiger partial charge in [-0.25, -0.2) is 0 Å². The lowest BCUT2D eigenvalue weighted by molar-refractivity contribution is 0.0660. The quantitative estimate of drug-likeness (QED) is 0.670. The van der Waals surface area contributed by atoms with Crippen molar-refractivity contribution in [2.45, 2.75) is 25.3 Å². The molecule has 0 aliphatic carbocycles. The molecule has 0 aromatic heterocycles. The largest absolute Gasteiger partial charge is 0.331 e. The molecule has 1 unspecified atom stereocenters. The zero-order valence-electron chi connectivity index (χ0n) is 15.7. The molecule has 0 fully saturated rings. The van der Waals surface area contributed by atoms with Gasteiger partial charge in [-0.1, -0.05) is 66.7 Å². The topological polar surface area (TPSA) is 44.1 Å². The van der Waals surface area contributed by atoms with Gasteiger partial charge in [0.2, 0.25) is 0 Å². The van der Waals surface area contributed by atoms with E-state index in [0.29, 0.717) is 18.5 Å². The van der Waals surface area contributed by atoms with Crippen molar-refractivity contribution < 1.29 is 4.79 Å². The van der Waals surface area contributed by atoms with Crippen LogP contribution in [0.4, 0.5) is 0 Å². The predicted molar refractivity (Wildman–Crippen MR) is 110 cm³/mol. The van der Waals surface area contributed by atoms with Gasteiger partial charge in [-0.3, -0.25) is 4.79 Å². The summed E-state index contributed by atoms with van der Waals surface area (Å²) in [5.74, 6) is 0.0372. The van der Waals surface area contributed by atoms with Crippen molar-refractivity contribution in [3.63, 3.8) is 0 Å². The highest BCUT2D eigenvalue weighted by atomic mass is 16.2. The Morgan fingerprint density at radius 3 is 2.54 bits per heavy atom. The van der Waals surface area contributed by atoms with E-state index in [1.807, 2.05) is 47.4 Å². The van der Waals surface area contributed by atoms with Gasteiger partial charge in [0, 0.05) is 12.1 Å². The minimum Gasteiger partial charge on any atom is -0.331 e. The molecule has 28 heavy (non-hydrogen) atoms. The van der Waals surface area contributed by atoms with Crippen molar-refractivity contribution in [3.05, 3.63) is 107 Å². The van der Waals surface area contributed by atoms with Gasteiger partial charge in [-0.15, -0.1) is 0 Å². The monoisotopic (exact) mass is 366 g/mol. The van der Waals surface area contributed by atoms with Crippen molar-refractivity contribution in [2.24, 2.45) is 0 Å². The number of carbonyl (C=O) groups excluding carboxylic acids is 1. The molecule has 1 aliphatic heterocycles. The van der Waals surface area contributed by atoms with Crippen LogP contribution in [0, 0.1) is 11.3 Å². The summed E-state index contributed by atoms with van der Waals surface area (Å²) in [6, 6.07) is 28.4. The number of amides is 1. The molecule has 0 N–H and O–H groups in total. The van der Waals surface area contributed by atoms with E-state index in [4.69, 9.17) is 5.26 Å². The van der Waals surface area contributed by atoms with Crippen LogP contribution in [0.1, 0.15) is 38.7 Å². The highest BCUT2D eigenvalue weighted by Gasteiger charge is 2.31. The van der Waals surface area contributed by atoms with Crippen molar-refractivity contribution in [1.82, 2.24) is 4.90 Å². The molecule has 1 heterocycles. The molecule has 1 atom stereocenters. The fourth-order valence-electron chi connectivity index (χ4n) is 4.02. The van der Waals surface area contributed by atoms with Gasteiger partial charge < -0.3 is 4.90 Å². The van der Waals surface area contributed by atoms with Gasteiger partial charge in [-0.05, 0) is 47.2 Å². The first kappa shape index (κ1) is 18.0. The summed E-state index contributed by atoms with van der Waals surface area (Å²) in [4.78, 5) is 15.4. The Morgan fingerprint density at radius 1 is 0.964 bits per heavy atom. The average Bonchev–Trinajstić information content (AvgIpc) is 2.75. The molecule has 138 valence electrons. The van der Waals surface area contributed by atoms with Crippen LogP contribution in [-0.4, -0.2) is 17.4 Å². The van der Waals surface area contributed by atoms with Crippen molar-refractivity contribution in [1.29, 1.82) is 5.26 Å². The standard InChI is InChI=1S/C25H22N2O/c26-15-13-20-9-6-11-22(17-20)25(28)27-16-14-21-10-4-5-12-23(21)24(27)18-19-7-2-1-3-8-19/h1-12,17,24H,13-14,16,18H2. The molecule has 0 spiro atoms. The lowest BCUT2D eigenvalue weighted by Gasteiger charge is -2.38. The third-order valence-electron chi connectivity index (χ3n) is 5.40. The third kappa shape index (κ3) is 3.68. The Hall–Kier alpha value is -3.38. The number of benzene rings is 3. The lowest BCUT2D eigenvalue weighted by atomic mass is 9.88. The Kier molecular flexibility index (Phi) is 5.21. The first-order valence-corrected chi connectivity index (χ1v) is 9.65. The molecule has 3 heteroatoms. The van der Waals surface area contributed by atoms with Crippen LogP contribution in [0.15, 0.2) is 78.9 Å². The summed E-state index contributed by atoms with van der Waals surface area (Å²) < 4.78 is 0. The van der Waals surface area contributed by atoms with Gasteiger partial charge in [0.25, 0.3) is 5.91 Å². The average molecular weight is 366 g/mol. The Morgan fingerprint density at radius 2 is 1.71 bits per heavy atom. The fraction of sp³-hybridized carbons (Fsp3) is 0.200. The normalized spacial score (nSPS) is 15.5. The first-order chi connectivity index (χ1) is 13.8. The molecular formula is C25H22N2O. The second kappa shape index (κ2) is 8.10. The zero-order chi connectivity index (χ0) is 19.3. The van der Waals surface area contributed by atoms with Crippen LogP contribution in [0.25, 0.3) is 0 Å². The highest BCUT2D eigenvalue weighted by molar-refractivity contribution is 5.95. The van der Waals surface area contributed by atoms with Crippen LogP contribution >= 0.6 is 0 Å². The van der Waals surface area contributed by atoms with E-state index < -0.39 is 0 Å². The van der Waals surface area contributed by atoms with Gasteiger partial charge in [0.1, 0.15) is 0 Å². The Labute approximate surface area is 165 Å². The maximum absolute atomic E-state index is 13.4. The smallest absolute Gasteiger partial charge is 0.254 e. The van der Waals surface area contributed by atoms with Gasteiger partial charge >= 0.3 is 0 Å². The molecule has 0 saturated heterocycles. The Bertz CT molecular complexity index is 1020. The number of nitrogens with zero attached hydrogens (tertiary/aromatic N) is 2. The van der Waals surface area contributed by atoms with Crippen molar-refractivity contribution >= 4 is 5.91 Å². The lowest BCUT2D eigenvalue weighted by Crippen LogP contribution is -2.41. The molecule has 3 aromatic carbocycles. The highest BCUT2D eigenvalue weighted by Crippen LogP contribution is 2.33. The van der Waals surface area contributed by atoms with Crippen LogP contribution < -0.4 is 0 Å². The maximum atomic E-state index is 13.4. The molecule has 0 bridgehead atoms. The summed E-state index contributed by atoms with van der Waals surface area (Å²) in [6.07, 6.45) is 1.98. The van der Waals surface area contributed by atoms with E-state index in [0.717, 1.165) is 18.4 Å². The van der Waals surface area contributed by atoms with Crippen LogP contribution in [-0.2, 0) is 19.3 Å². The van der Waals surface area contributed by atoms with Crippen LogP contribution in [0.2, 0.25) is 0 Å². The van der Waals surface area contributed by atoms with E-state index in [-0.39, 0.29) is 11.9 Å². The molecule has 3 aromatic rings. The molecule has 0 saturated carbocycles. The van der Waals surface area contributed by atoms with Crippen molar-refractivity contribution in [2.75, 3.05) is 6.54 Å². The summed E-state index contributed by atoms with van der Waals surface area (Å²) in [5.41, 5.74) is 5.32. The molecule has 1 amide bonds. The molecule has 0 radical (unpaired) electrons. The molecule has 4 rings (SSSR count). The van der Waals surface area contributed by atoms with E-state index in [2.05, 4.69) is 42.5 Å². The summed E-state index contributed by atoms with van der Waals surface area (Å²) in [7, 11) is 0. The van der Waals surface area contributed by atoms with Gasteiger partial charge in [0.05, 0.1) is 18.5 Å². The fourth-order valence-corrected chi connectivity index (χ4v) is 4.02. The minimum atomic E-state index is 0.0134. The minimum absolute atomic E-state index is 0.0134. The van der Waals surface area contributed by atoms with E-state index >= 15 is 0 Å². The van der Waals surface area contributed by atoms with E-state index in [9.17, 15) is 4.79 Å². The summed E-state index contributed by atoms with van der Waals surface area (Å²) in [5, 5.41) is 8.97. The van der Waals surface area contributed by atoms with Crippen LogP contribution in [0.3, 0.4) is 0 Å². The van der Waals surface area contributed by atoms with Crippen LogP contribution in [0.5, 0.6) is 0 Å².